The van der Waals surface area contributed by atoms with Gasteiger partial charge in [0.1, 0.15) is 5.82 Å². The van der Waals surface area contributed by atoms with Crippen molar-refractivity contribution in [2.45, 2.75) is 31.8 Å². The molecular weight excluding hydrogens is 247 g/mol. The highest BCUT2D eigenvalue weighted by Crippen LogP contribution is 2.21. The highest BCUT2D eigenvalue weighted by atomic mass is 19.1. The molecular formula is C14H19FN2O2. The van der Waals surface area contributed by atoms with E-state index in [-0.39, 0.29) is 5.56 Å². The van der Waals surface area contributed by atoms with Crippen LogP contribution in [0.2, 0.25) is 0 Å². The summed E-state index contributed by atoms with van der Waals surface area (Å²) < 4.78 is 13.6. The molecule has 2 unspecified atom stereocenters. The van der Waals surface area contributed by atoms with E-state index in [1.807, 2.05) is 0 Å². The van der Waals surface area contributed by atoms with E-state index in [0.717, 1.165) is 19.4 Å². The van der Waals surface area contributed by atoms with Gasteiger partial charge in [0.05, 0.1) is 5.56 Å². The molecule has 0 amide bonds. The van der Waals surface area contributed by atoms with Crippen LogP contribution in [0.3, 0.4) is 0 Å². The molecule has 1 heterocycles. The molecule has 4 nitrogen and oxygen atoms in total. The highest BCUT2D eigenvalue weighted by Gasteiger charge is 2.22. The number of anilines is 1. The summed E-state index contributed by atoms with van der Waals surface area (Å²) in [7, 11) is 2.10. The first-order valence-electron chi connectivity index (χ1n) is 6.47. The van der Waals surface area contributed by atoms with Crippen LogP contribution >= 0.6 is 0 Å². The van der Waals surface area contributed by atoms with Gasteiger partial charge in [0.25, 0.3) is 0 Å². The van der Waals surface area contributed by atoms with Gasteiger partial charge in [0, 0.05) is 24.3 Å². The zero-order chi connectivity index (χ0) is 14.0. The van der Waals surface area contributed by atoms with Crippen LogP contribution in [0.4, 0.5) is 10.1 Å². The third-order valence-corrected chi connectivity index (χ3v) is 3.78. The Bertz CT molecular complexity index is 479. The van der Waals surface area contributed by atoms with Crippen LogP contribution in [0, 0.1) is 5.82 Å². The topological polar surface area (TPSA) is 52.6 Å². The molecule has 0 bridgehead atoms. The van der Waals surface area contributed by atoms with Crippen LogP contribution in [-0.4, -0.2) is 41.7 Å². The summed E-state index contributed by atoms with van der Waals surface area (Å²) in [5.41, 5.74) is 0.353. The number of benzene rings is 1. The Hall–Kier alpha value is -1.62. The molecule has 1 aliphatic heterocycles. The first-order chi connectivity index (χ1) is 8.97. The van der Waals surface area contributed by atoms with Crippen LogP contribution < -0.4 is 5.32 Å². The molecule has 0 aliphatic carbocycles. The van der Waals surface area contributed by atoms with Crippen molar-refractivity contribution in [3.8, 4) is 0 Å². The number of hydrogen-bond acceptors (Lipinski definition) is 3. The molecule has 104 valence electrons. The third-order valence-electron chi connectivity index (χ3n) is 3.78. The fourth-order valence-electron chi connectivity index (χ4n) is 2.43. The fraction of sp³-hybridized carbons (Fsp3) is 0.500. The van der Waals surface area contributed by atoms with Crippen molar-refractivity contribution in [2.75, 3.05) is 18.9 Å². The van der Waals surface area contributed by atoms with Gasteiger partial charge >= 0.3 is 5.97 Å². The molecule has 1 saturated heterocycles. The maximum atomic E-state index is 13.6. The number of carbonyl (C=O) groups is 1. The van der Waals surface area contributed by atoms with Crippen molar-refractivity contribution in [1.82, 2.24) is 4.90 Å². The lowest BCUT2D eigenvalue weighted by molar-refractivity contribution is 0.0692. The SMILES string of the molecule is CC1CC(Nc2ccc(C(=O)O)c(F)c2)CCN1C. The molecule has 0 spiro atoms. The second kappa shape index (κ2) is 5.57. The van der Waals surface area contributed by atoms with Gasteiger partial charge in [-0.05, 0) is 45.0 Å². The first kappa shape index (κ1) is 13.8. The van der Waals surface area contributed by atoms with Crippen LogP contribution in [0.5, 0.6) is 0 Å². The van der Waals surface area contributed by atoms with Gasteiger partial charge in [0.15, 0.2) is 0 Å². The van der Waals surface area contributed by atoms with E-state index in [0.29, 0.717) is 17.8 Å². The number of likely N-dealkylation sites (tertiary alicyclic amines) is 1. The molecule has 2 rings (SSSR count). The molecule has 1 fully saturated rings. The zero-order valence-corrected chi connectivity index (χ0v) is 11.2. The summed E-state index contributed by atoms with van der Waals surface area (Å²) >= 11 is 0. The molecule has 5 heteroatoms. The number of carboxylic acids is 1. The van der Waals surface area contributed by atoms with Gasteiger partial charge < -0.3 is 15.3 Å². The van der Waals surface area contributed by atoms with Crippen LogP contribution in [-0.2, 0) is 0 Å². The molecule has 2 atom stereocenters. The predicted octanol–water partition coefficient (Wildman–Crippen LogP) is 2.42. The number of halogens is 1. The van der Waals surface area contributed by atoms with E-state index < -0.39 is 11.8 Å². The Morgan fingerprint density at radius 3 is 2.84 bits per heavy atom. The lowest BCUT2D eigenvalue weighted by atomic mass is 9.98. The van der Waals surface area contributed by atoms with Gasteiger partial charge in [-0.25, -0.2) is 9.18 Å². The second-order valence-electron chi connectivity index (χ2n) is 5.20. The summed E-state index contributed by atoms with van der Waals surface area (Å²) in [4.78, 5) is 13.0. The number of carboxylic acid groups (broad SMARTS) is 1. The summed E-state index contributed by atoms with van der Waals surface area (Å²) in [6.07, 6.45) is 2.00. The maximum Gasteiger partial charge on any atom is 0.338 e. The monoisotopic (exact) mass is 266 g/mol. The maximum absolute atomic E-state index is 13.6. The Balaban J connectivity index is 2.04. The van der Waals surface area contributed by atoms with Crippen molar-refractivity contribution in [2.24, 2.45) is 0 Å². The number of nitrogens with zero attached hydrogens (tertiary/aromatic N) is 1. The van der Waals surface area contributed by atoms with E-state index in [4.69, 9.17) is 5.11 Å². The van der Waals surface area contributed by atoms with Gasteiger partial charge in [-0.3, -0.25) is 0 Å². The van der Waals surface area contributed by atoms with Crippen LogP contribution in [0.1, 0.15) is 30.1 Å². The van der Waals surface area contributed by atoms with E-state index in [1.54, 1.807) is 6.07 Å². The van der Waals surface area contributed by atoms with Crippen molar-refractivity contribution in [3.05, 3.63) is 29.6 Å². The van der Waals surface area contributed by atoms with Gasteiger partial charge in [0.2, 0.25) is 0 Å². The highest BCUT2D eigenvalue weighted by molar-refractivity contribution is 5.88. The number of nitrogens with one attached hydrogen (secondary N) is 1. The van der Waals surface area contributed by atoms with E-state index in [9.17, 15) is 9.18 Å². The Morgan fingerprint density at radius 1 is 1.53 bits per heavy atom. The lowest BCUT2D eigenvalue weighted by Crippen LogP contribution is -2.42. The number of rotatable bonds is 3. The molecule has 0 aromatic heterocycles. The summed E-state index contributed by atoms with van der Waals surface area (Å²) in [5, 5.41) is 12.1. The average molecular weight is 266 g/mol. The van der Waals surface area contributed by atoms with Crippen LogP contribution in [0.15, 0.2) is 18.2 Å². The minimum atomic E-state index is -1.24. The van der Waals surface area contributed by atoms with Gasteiger partial charge in [-0.2, -0.15) is 0 Å². The smallest absolute Gasteiger partial charge is 0.338 e. The van der Waals surface area contributed by atoms with E-state index >= 15 is 0 Å². The molecule has 2 N–H and O–H groups in total. The van der Waals surface area contributed by atoms with Crippen molar-refractivity contribution in [3.63, 3.8) is 0 Å². The Morgan fingerprint density at radius 2 is 2.26 bits per heavy atom. The Kier molecular flexibility index (Phi) is 4.04. The van der Waals surface area contributed by atoms with Crippen molar-refractivity contribution >= 4 is 11.7 Å². The molecule has 1 aromatic carbocycles. The van der Waals surface area contributed by atoms with Gasteiger partial charge in [-0.15, -0.1) is 0 Å². The minimum Gasteiger partial charge on any atom is -0.478 e. The van der Waals surface area contributed by atoms with Crippen molar-refractivity contribution in [1.29, 1.82) is 0 Å². The second-order valence-corrected chi connectivity index (χ2v) is 5.20. The van der Waals surface area contributed by atoms with E-state index in [2.05, 4.69) is 24.2 Å². The Labute approximate surface area is 112 Å². The first-order valence-corrected chi connectivity index (χ1v) is 6.47. The van der Waals surface area contributed by atoms with Crippen LogP contribution in [0.25, 0.3) is 0 Å². The number of piperidine rings is 1. The predicted molar refractivity (Wildman–Crippen MR) is 72.1 cm³/mol. The fourth-order valence-corrected chi connectivity index (χ4v) is 2.43. The summed E-state index contributed by atoms with van der Waals surface area (Å²) in [6, 6.07) is 4.98. The lowest BCUT2D eigenvalue weighted by Gasteiger charge is -2.35. The quantitative estimate of drug-likeness (QED) is 0.882. The molecule has 0 radical (unpaired) electrons. The summed E-state index contributed by atoms with van der Waals surface area (Å²) in [5.74, 6) is -1.93. The molecule has 1 aliphatic rings. The number of aromatic carboxylic acids is 1. The van der Waals surface area contributed by atoms with Gasteiger partial charge in [-0.1, -0.05) is 0 Å². The van der Waals surface area contributed by atoms with E-state index in [1.165, 1.54) is 12.1 Å². The zero-order valence-electron chi connectivity index (χ0n) is 11.2. The largest absolute Gasteiger partial charge is 0.478 e. The number of hydrogen-bond donors (Lipinski definition) is 2. The van der Waals surface area contributed by atoms with Crippen molar-refractivity contribution < 1.29 is 14.3 Å². The standard InChI is InChI=1S/C14H19FN2O2/c1-9-7-11(5-6-17(9)2)16-10-3-4-12(14(18)19)13(15)8-10/h3-4,8-9,11,16H,5-7H2,1-2H3,(H,18,19). The molecule has 0 saturated carbocycles. The molecule has 19 heavy (non-hydrogen) atoms. The summed E-state index contributed by atoms with van der Waals surface area (Å²) in [6.45, 7) is 3.18. The third kappa shape index (κ3) is 3.23. The molecule has 1 aromatic rings. The normalized spacial score (nSPS) is 24.2. The minimum absolute atomic E-state index is 0.290. The average Bonchev–Trinajstić information content (AvgIpc) is 2.33.